The van der Waals surface area contributed by atoms with Gasteiger partial charge in [-0.15, -0.1) is 11.3 Å². The van der Waals surface area contributed by atoms with Gasteiger partial charge in [-0.3, -0.25) is 4.79 Å². The van der Waals surface area contributed by atoms with Crippen molar-refractivity contribution < 1.29 is 13.4 Å². The summed E-state index contributed by atoms with van der Waals surface area (Å²) in [7, 11) is -2.12. The van der Waals surface area contributed by atoms with Crippen molar-refractivity contribution in [2.24, 2.45) is 10.3 Å². The van der Waals surface area contributed by atoms with Gasteiger partial charge >= 0.3 is 0 Å². The number of amides is 1. The van der Waals surface area contributed by atoms with Crippen molar-refractivity contribution in [3.8, 4) is 0 Å². The Morgan fingerprint density at radius 1 is 1.62 bits per heavy atom. The third-order valence-corrected chi connectivity index (χ3v) is 4.28. The molecule has 0 aliphatic heterocycles. The molecule has 1 atom stereocenters. The highest BCUT2D eigenvalue weighted by atomic mass is 32.2. The summed E-state index contributed by atoms with van der Waals surface area (Å²) in [4.78, 5) is 11.3. The van der Waals surface area contributed by atoms with Gasteiger partial charge < -0.3 is 0 Å². The van der Waals surface area contributed by atoms with E-state index in [1.54, 1.807) is 0 Å². The van der Waals surface area contributed by atoms with E-state index in [-0.39, 0.29) is 5.91 Å². The highest BCUT2D eigenvalue weighted by Gasteiger charge is 2.04. The van der Waals surface area contributed by atoms with Gasteiger partial charge in [-0.25, -0.2) is 8.60 Å². The Labute approximate surface area is 99.9 Å². The maximum absolute atomic E-state index is 12.6. The van der Waals surface area contributed by atoms with Crippen molar-refractivity contribution in [2.45, 2.75) is 30.9 Å². The molecule has 1 rings (SSSR count). The number of rotatable bonds is 4. The summed E-state index contributed by atoms with van der Waals surface area (Å²) in [5, 5.41) is 1.25. The molecule has 0 aliphatic carbocycles. The number of carbonyl (C=O) groups excluding carboxylic acids is 1. The van der Waals surface area contributed by atoms with Crippen LogP contribution in [0.25, 0.3) is 0 Å². The molecule has 1 aromatic heterocycles. The van der Waals surface area contributed by atoms with Crippen LogP contribution in [-0.2, 0) is 15.4 Å². The fourth-order valence-corrected chi connectivity index (χ4v) is 2.77. The molecule has 1 aromatic rings. The lowest BCUT2D eigenvalue weighted by molar-refractivity contribution is -0.117. The van der Waals surface area contributed by atoms with Crippen LogP contribution >= 0.6 is 11.3 Å². The molecule has 0 bridgehead atoms. The molecule has 1 heterocycles. The Balaban J connectivity index is 2.63. The van der Waals surface area contributed by atoms with Crippen LogP contribution in [0.4, 0.5) is 4.39 Å². The second kappa shape index (κ2) is 6.10. The van der Waals surface area contributed by atoms with Gasteiger partial charge in [0.15, 0.2) is 0 Å². The molecule has 0 saturated heterocycles. The fraction of sp³-hybridized carbons (Fsp3) is 0.500. The summed E-state index contributed by atoms with van der Waals surface area (Å²) in [6, 6.07) is 1.16. The molecule has 6 heteroatoms. The Bertz CT molecular complexity index is 447. The minimum absolute atomic E-state index is 0.298. The van der Waals surface area contributed by atoms with Gasteiger partial charge in [0.05, 0.1) is 10.6 Å². The molecule has 0 radical (unpaired) electrons. The topological polar surface area (TPSA) is 46.5 Å². The van der Waals surface area contributed by atoms with E-state index >= 15 is 0 Å². The largest absolute Gasteiger partial charge is 0.272 e. The zero-order valence-electron chi connectivity index (χ0n) is 9.14. The number of hydrogen-bond acceptors (Lipinski definition) is 3. The maximum atomic E-state index is 12.6. The molecule has 0 aliphatic rings. The first-order valence-corrected chi connectivity index (χ1v) is 7.04. The second-order valence-electron chi connectivity index (χ2n) is 3.80. The van der Waals surface area contributed by atoms with Crippen LogP contribution in [0.2, 0.25) is 0 Å². The molecule has 0 spiro atoms. The van der Waals surface area contributed by atoms with E-state index in [2.05, 4.69) is 4.36 Å². The zero-order chi connectivity index (χ0) is 12.1. The Kier molecular flexibility index (Phi) is 5.08. The van der Waals surface area contributed by atoms with Gasteiger partial charge in [0.1, 0.15) is 10.0 Å². The first-order chi connectivity index (χ1) is 7.49. The highest BCUT2D eigenvalue weighted by Crippen LogP contribution is 2.15. The van der Waals surface area contributed by atoms with E-state index < -0.39 is 16.4 Å². The predicted octanol–water partition coefficient (Wildman–Crippen LogP) is 2.87. The summed E-state index contributed by atoms with van der Waals surface area (Å²) in [5.41, 5.74) is 0. The van der Waals surface area contributed by atoms with E-state index in [4.69, 9.17) is 0 Å². The maximum Gasteiger partial charge on any atom is 0.253 e. The first-order valence-electron chi connectivity index (χ1n) is 4.95. The number of thiol groups is 1. The van der Waals surface area contributed by atoms with E-state index in [9.17, 15) is 13.4 Å². The fourth-order valence-electron chi connectivity index (χ4n) is 1.02. The molecule has 0 fully saturated rings. The van der Waals surface area contributed by atoms with Crippen LogP contribution in [0.3, 0.4) is 0 Å². The molecule has 1 amide bonds. The minimum Gasteiger partial charge on any atom is -0.272 e. The van der Waals surface area contributed by atoms with Crippen molar-refractivity contribution in [1.29, 1.82) is 0 Å². The third kappa shape index (κ3) is 4.40. The van der Waals surface area contributed by atoms with Crippen molar-refractivity contribution >= 4 is 27.8 Å². The molecule has 1 unspecified atom stereocenters. The Morgan fingerprint density at radius 2 is 2.31 bits per heavy atom. The average molecular weight is 263 g/mol. The van der Waals surface area contributed by atoms with Gasteiger partial charge in [0.25, 0.3) is 5.91 Å². The number of nitrogens with zero attached hydrogens (tertiary/aromatic N) is 1. The van der Waals surface area contributed by atoms with Gasteiger partial charge in [-0.1, -0.05) is 13.8 Å². The van der Waals surface area contributed by atoms with Gasteiger partial charge in [0.2, 0.25) is 0 Å². The molecular formula is C10H14FNO2S2. The summed E-state index contributed by atoms with van der Waals surface area (Å²) in [5.74, 6) is -0.395. The lowest BCUT2D eigenvalue weighted by atomic mass is 10.1. The summed E-state index contributed by atoms with van der Waals surface area (Å²) >= 11 is 1.02. The predicted molar refractivity (Wildman–Crippen MR) is 63.6 cm³/mol. The Morgan fingerprint density at radius 3 is 2.81 bits per heavy atom. The van der Waals surface area contributed by atoms with Crippen molar-refractivity contribution in [2.75, 3.05) is 0 Å². The lowest BCUT2D eigenvalue weighted by Crippen LogP contribution is -1.97. The monoisotopic (exact) mass is 263 g/mol. The SMILES string of the molecule is CC(C)CCC(=O)/N=[SH](=O)/c1cc(F)cs1. The van der Waals surface area contributed by atoms with Gasteiger partial charge in [-0.2, -0.15) is 4.36 Å². The zero-order valence-corrected chi connectivity index (χ0v) is 10.9. The van der Waals surface area contributed by atoms with E-state index in [0.29, 0.717) is 16.5 Å². The van der Waals surface area contributed by atoms with Crippen LogP contribution in [0.1, 0.15) is 26.7 Å². The van der Waals surface area contributed by atoms with Gasteiger partial charge in [-0.05, 0) is 12.3 Å². The number of carbonyl (C=O) groups is 1. The molecule has 16 heavy (non-hydrogen) atoms. The molecule has 90 valence electrons. The summed E-state index contributed by atoms with van der Waals surface area (Å²) in [6.45, 7) is 4.00. The standard InChI is InChI=1S/C10H14FNO2S2/c1-7(2)3-4-9(13)12-16(14)10-5-8(11)6-15-10/h5-7,16H,3-4H2,1-2H3. The van der Waals surface area contributed by atoms with Crippen molar-refractivity contribution in [3.63, 3.8) is 0 Å². The smallest absolute Gasteiger partial charge is 0.253 e. The van der Waals surface area contributed by atoms with Crippen molar-refractivity contribution in [1.82, 2.24) is 0 Å². The molecule has 0 N–H and O–H groups in total. The number of thiophene rings is 1. The normalized spacial score (nSPS) is 13.2. The quantitative estimate of drug-likeness (QED) is 0.849. The van der Waals surface area contributed by atoms with Crippen molar-refractivity contribution in [3.05, 3.63) is 17.3 Å². The van der Waals surface area contributed by atoms with Gasteiger partial charge in [0, 0.05) is 17.9 Å². The van der Waals surface area contributed by atoms with E-state index in [1.165, 1.54) is 5.38 Å². The molecule has 3 nitrogen and oxygen atoms in total. The van der Waals surface area contributed by atoms with E-state index in [0.717, 1.165) is 23.8 Å². The van der Waals surface area contributed by atoms with Crippen LogP contribution in [0.15, 0.2) is 20.0 Å². The summed E-state index contributed by atoms with van der Waals surface area (Å²) in [6.07, 6.45) is 1.02. The molecule has 0 saturated carbocycles. The number of hydrogen-bond donors (Lipinski definition) is 1. The lowest BCUT2D eigenvalue weighted by Gasteiger charge is -1.99. The third-order valence-electron chi connectivity index (χ3n) is 1.88. The minimum atomic E-state index is -2.12. The first kappa shape index (κ1) is 13.3. The van der Waals surface area contributed by atoms with Crippen LogP contribution < -0.4 is 0 Å². The van der Waals surface area contributed by atoms with Crippen LogP contribution in [0.5, 0.6) is 0 Å². The molecule has 0 aromatic carbocycles. The average Bonchev–Trinajstić information content (AvgIpc) is 2.62. The number of halogens is 1. The second-order valence-corrected chi connectivity index (χ2v) is 6.24. The van der Waals surface area contributed by atoms with Crippen LogP contribution in [0, 0.1) is 11.7 Å². The van der Waals surface area contributed by atoms with E-state index in [1.807, 2.05) is 13.8 Å². The molecular weight excluding hydrogens is 249 g/mol. The van der Waals surface area contributed by atoms with Crippen LogP contribution in [-0.4, -0.2) is 10.1 Å². The summed E-state index contributed by atoms with van der Waals surface area (Å²) < 4.78 is 28.0. The highest BCUT2D eigenvalue weighted by molar-refractivity contribution is 7.78. The Hall–Kier alpha value is -0.750.